The van der Waals surface area contributed by atoms with Gasteiger partial charge in [0.1, 0.15) is 11.6 Å². The lowest BCUT2D eigenvalue weighted by Gasteiger charge is -2.07. The van der Waals surface area contributed by atoms with Crippen LogP contribution < -0.4 is 5.73 Å². The van der Waals surface area contributed by atoms with Crippen molar-refractivity contribution in [2.24, 2.45) is 0 Å². The Hall–Kier alpha value is -1.84. The van der Waals surface area contributed by atoms with Gasteiger partial charge in [-0.2, -0.15) is 0 Å². The first-order chi connectivity index (χ1) is 7.58. The van der Waals surface area contributed by atoms with Crippen molar-refractivity contribution in [2.45, 2.75) is 26.7 Å². The summed E-state index contributed by atoms with van der Waals surface area (Å²) >= 11 is 0. The van der Waals surface area contributed by atoms with Gasteiger partial charge < -0.3 is 10.2 Å². The van der Waals surface area contributed by atoms with Crippen LogP contribution in [0.3, 0.4) is 0 Å². The second-order valence-electron chi connectivity index (χ2n) is 4.09. The monoisotopic (exact) mass is 217 g/mol. The van der Waals surface area contributed by atoms with E-state index in [1.165, 1.54) is 0 Å². The Morgan fingerprint density at radius 2 is 2.06 bits per heavy atom. The molecule has 2 aromatic rings. The first-order valence-corrected chi connectivity index (χ1v) is 5.27. The fourth-order valence-corrected chi connectivity index (χ4v) is 1.52. The minimum atomic E-state index is 0.330. The van der Waals surface area contributed by atoms with E-state index in [0.29, 0.717) is 17.6 Å². The maximum Gasteiger partial charge on any atom is 0.165 e. The second-order valence-corrected chi connectivity index (χ2v) is 4.09. The number of anilines is 1. The van der Waals surface area contributed by atoms with Crippen molar-refractivity contribution in [2.75, 3.05) is 5.73 Å². The maximum absolute atomic E-state index is 5.77. The highest BCUT2D eigenvalue weighted by Crippen LogP contribution is 2.23. The zero-order chi connectivity index (χ0) is 11.7. The molecule has 2 N–H and O–H groups in total. The number of aromatic nitrogens is 2. The Morgan fingerprint density at radius 1 is 1.31 bits per heavy atom. The number of nitrogens with two attached hydrogens (primary N) is 1. The number of aryl methyl sites for hydroxylation is 1. The van der Waals surface area contributed by atoms with E-state index in [0.717, 1.165) is 17.0 Å². The molecule has 2 aromatic heterocycles. The van der Waals surface area contributed by atoms with Crippen LogP contribution in [0.15, 0.2) is 22.8 Å². The molecule has 16 heavy (non-hydrogen) atoms. The number of hydrogen-bond donors (Lipinski definition) is 1. The highest BCUT2D eigenvalue weighted by Gasteiger charge is 2.11. The number of furan rings is 1. The predicted octanol–water partition coefficient (Wildman–Crippen LogP) is 2.75. The summed E-state index contributed by atoms with van der Waals surface area (Å²) < 4.78 is 5.24. The fraction of sp³-hybridized carbons (Fsp3) is 0.333. The Morgan fingerprint density at radius 3 is 2.62 bits per heavy atom. The Kier molecular flexibility index (Phi) is 2.64. The van der Waals surface area contributed by atoms with Crippen LogP contribution >= 0.6 is 0 Å². The molecule has 0 unspecified atom stereocenters. The highest BCUT2D eigenvalue weighted by atomic mass is 16.3. The van der Waals surface area contributed by atoms with Crippen LogP contribution in [0.5, 0.6) is 0 Å². The van der Waals surface area contributed by atoms with E-state index in [9.17, 15) is 0 Å². The van der Waals surface area contributed by atoms with Crippen molar-refractivity contribution in [3.8, 4) is 11.4 Å². The lowest BCUT2D eigenvalue weighted by Crippen LogP contribution is -2.01. The summed E-state index contributed by atoms with van der Waals surface area (Å²) in [6.07, 6.45) is 1.63. The van der Waals surface area contributed by atoms with Crippen LogP contribution in [0.4, 0.5) is 5.82 Å². The third-order valence-corrected chi connectivity index (χ3v) is 2.46. The lowest BCUT2D eigenvalue weighted by molar-refractivity contribution is 0.535. The summed E-state index contributed by atoms with van der Waals surface area (Å²) in [4.78, 5) is 8.71. The first-order valence-electron chi connectivity index (χ1n) is 5.27. The standard InChI is InChI=1S/C12H15N3O/c1-7(2)10-6-11(13)15-12(14-10)9-4-5-16-8(9)3/h4-7H,1-3H3,(H2,13,14,15). The third-order valence-electron chi connectivity index (χ3n) is 2.46. The van der Waals surface area contributed by atoms with Crippen LogP contribution in [0, 0.1) is 6.92 Å². The largest absolute Gasteiger partial charge is 0.469 e. The van der Waals surface area contributed by atoms with Crippen LogP contribution in [-0.4, -0.2) is 9.97 Å². The van der Waals surface area contributed by atoms with Gasteiger partial charge in [0.2, 0.25) is 0 Å². The van der Waals surface area contributed by atoms with Crippen molar-refractivity contribution < 1.29 is 4.42 Å². The summed E-state index contributed by atoms with van der Waals surface area (Å²) in [6.45, 7) is 6.04. The zero-order valence-electron chi connectivity index (χ0n) is 9.69. The van der Waals surface area contributed by atoms with Crippen molar-refractivity contribution in [3.05, 3.63) is 29.9 Å². The van der Waals surface area contributed by atoms with Gasteiger partial charge in [-0.3, -0.25) is 0 Å². The predicted molar refractivity (Wildman–Crippen MR) is 63.0 cm³/mol. The molecule has 4 heteroatoms. The van der Waals surface area contributed by atoms with Gasteiger partial charge in [0.25, 0.3) is 0 Å². The number of nitrogen functional groups attached to an aromatic ring is 1. The van der Waals surface area contributed by atoms with Crippen LogP contribution in [0.1, 0.15) is 31.2 Å². The second kappa shape index (κ2) is 3.96. The third kappa shape index (κ3) is 1.91. The molecule has 4 nitrogen and oxygen atoms in total. The molecule has 0 aromatic carbocycles. The molecule has 0 aliphatic heterocycles. The van der Waals surface area contributed by atoms with E-state index in [2.05, 4.69) is 23.8 Å². The smallest absolute Gasteiger partial charge is 0.165 e. The van der Waals surface area contributed by atoms with E-state index in [4.69, 9.17) is 10.2 Å². The fourth-order valence-electron chi connectivity index (χ4n) is 1.52. The van der Waals surface area contributed by atoms with Gasteiger partial charge >= 0.3 is 0 Å². The average Bonchev–Trinajstić information content (AvgIpc) is 2.63. The van der Waals surface area contributed by atoms with Gasteiger partial charge in [-0.05, 0) is 18.9 Å². The first kappa shape index (κ1) is 10.7. The topological polar surface area (TPSA) is 64.9 Å². The molecule has 0 saturated heterocycles. The zero-order valence-corrected chi connectivity index (χ0v) is 9.69. The van der Waals surface area contributed by atoms with Crippen molar-refractivity contribution in [1.82, 2.24) is 9.97 Å². The molecule has 0 radical (unpaired) electrons. The van der Waals surface area contributed by atoms with Crippen molar-refractivity contribution in [1.29, 1.82) is 0 Å². The van der Waals surface area contributed by atoms with Gasteiger partial charge in [0.05, 0.1) is 11.8 Å². The summed E-state index contributed by atoms with van der Waals surface area (Å²) in [5.74, 6) is 2.26. The Balaban J connectivity index is 2.54. The number of hydrogen-bond acceptors (Lipinski definition) is 4. The maximum atomic E-state index is 5.77. The van der Waals surface area contributed by atoms with E-state index >= 15 is 0 Å². The van der Waals surface area contributed by atoms with Gasteiger partial charge in [-0.15, -0.1) is 0 Å². The molecule has 0 amide bonds. The van der Waals surface area contributed by atoms with Crippen LogP contribution in [0.25, 0.3) is 11.4 Å². The number of rotatable bonds is 2. The summed E-state index contributed by atoms with van der Waals surface area (Å²) in [7, 11) is 0. The summed E-state index contributed by atoms with van der Waals surface area (Å²) in [5, 5.41) is 0. The molecular formula is C12H15N3O. The number of nitrogens with zero attached hydrogens (tertiary/aromatic N) is 2. The van der Waals surface area contributed by atoms with Crippen LogP contribution in [0.2, 0.25) is 0 Å². The molecule has 84 valence electrons. The van der Waals surface area contributed by atoms with Crippen molar-refractivity contribution >= 4 is 5.82 Å². The minimum absolute atomic E-state index is 0.330. The van der Waals surface area contributed by atoms with E-state index < -0.39 is 0 Å². The van der Waals surface area contributed by atoms with E-state index in [-0.39, 0.29) is 0 Å². The molecular weight excluding hydrogens is 202 g/mol. The lowest BCUT2D eigenvalue weighted by atomic mass is 10.1. The molecule has 2 rings (SSSR count). The van der Waals surface area contributed by atoms with Crippen molar-refractivity contribution in [3.63, 3.8) is 0 Å². The van der Waals surface area contributed by atoms with E-state index in [1.54, 1.807) is 6.26 Å². The van der Waals surface area contributed by atoms with Gasteiger partial charge in [-0.1, -0.05) is 13.8 Å². The van der Waals surface area contributed by atoms with Crippen LogP contribution in [-0.2, 0) is 0 Å². The molecule has 0 atom stereocenters. The summed E-state index contributed by atoms with van der Waals surface area (Å²) in [6, 6.07) is 3.66. The van der Waals surface area contributed by atoms with Gasteiger partial charge in [-0.25, -0.2) is 9.97 Å². The highest BCUT2D eigenvalue weighted by molar-refractivity contribution is 5.58. The summed E-state index contributed by atoms with van der Waals surface area (Å²) in [5.41, 5.74) is 7.62. The van der Waals surface area contributed by atoms with Gasteiger partial charge in [0, 0.05) is 11.8 Å². The molecule has 0 aliphatic carbocycles. The Bertz CT molecular complexity index is 503. The normalized spacial score (nSPS) is 11.0. The molecule has 0 spiro atoms. The molecule has 2 heterocycles. The molecule has 0 saturated carbocycles. The molecule has 0 fully saturated rings. The van der Waals surface area contributed by atoms with Gasteiger partial charge in [0.15, 0.2) is 5.82 Å². The quantitative estimate of drug-likeness (QED) is 0.840. The minimum Gasteiger partial charge on any atom is -0.469 e. The molecule has 0 aliphatic rings. The molecule has 0 bridgehead atoms. The van der Waals surface area contributed by atoms with E-state index in [1.807, 2.05) is 19.1 Å². The SMILES string of the molecule is Cc1occc1-c1nc(N)cc(C(C)C)n1. The Labute approximate surface area is 94.5 Å². The average molecular weight is 217 g/mol.